The van der Waals surface area contributed by atoms with Crippen molar-refractivity contribution < 1.29 is 104 Å². The number of hydrogen-bond donors (Lipinski definition) is 12. The summed E-state index contributed by atoms with van der Waals surface area (Å²) in [6, 6.07) is 0. The number of nitrogens with zero attached hydrogens (tertiary/aromatic N) is 11. The Bertz CT molecular complexity index is 3650. The van der Waals surface area contributed by atoms with Crippen molar-refractivity contribution in [2.24, 2.45) is 13.0 Å². The van der Waals surface area contributed by atoms with E-state index in [1.54, 1.807) is 0 Å². The second-order valence-electron chi connectivity index (χ2n) is 18.5. The van der Waals surface area contributed by atoms with Crippen molar-refractivity contribution in [3.05, 3.63) is 46.0 Å². The third-order valence-corrected chi connectivity index (χ3v) is 19.6. The molecule has 3 aliphatic heterocycles. The minimum absolute atomic E-state index is 0.0111. The van der Waals surface area contributed by atoms with E-state index in [4.69, 9.17) is 54.2 Å². The Morgan fingerprint density at radius 1 is 0.750 bits per heavy atom. The Labute approximate surface area is 446 Å². The molecule has 0 aromatic carbocycles. The van der Waals surface area contributed by atoms with Crippen molar-refractivity contribution in [1.82, 2.24) is 58.5 Å². The smallest absolute Gasteiger partial charge is 0.387 e. The molecule has 15 N–H and O–H groups in total. The summed E-state index contributed by atoms with van der Waals surface area (Å²) in [5.74, 6) is -4.25. The van der Waals surface area contributed by atoms with E-state index in [2.05, 4.69) is 44.2 Å². The number of aliphatic hydroxyl groups excluding tert-OH is 3. The molecule has 9 heterocycles. The Balaban J connectivity index is 0.879. The number of carbonyl (C=O) groups excluding carboxylic acids is 1. The van der Waals surface area contributed by atoms with Gasteiger partial charge in [-0.1, -0.05) is 4.98 Å². The molecule has 0 aliphatic carbocycles. The SMILES string of the molecule is CO[C@@H]1[C@H](OP(=O)(O)OC[C@H]2O[C@@H](n3cnc4c(=O)[nH]c(N)nc43)[C@H](O)[C@@H]2O)[C@@H](COP(=O)(O)OP(=O)(O)CP(=O)(O)OC[C@H]2O[C@@H]([n+]3cn(C)c4c(=O)[nH]c(N)nc43)[C@H](O)[C@@H]2CC(=O)N(C)C)O[C@H]1n1cnc2c(N)ncnc21. The first-order valence-corrected chi connectivity index (χ1v) is 29.8. The number of H-pyrrole nitrogens is 2. The number of aromatic nitrogens is 12. The monoisotopic (exact) mass is 1210 g/mol. The van der Waals surface area contributed by atoms with Gasteiger partial charge in [0.1, 0.15) is 54.6 Å². The highest BCUT2D eigenvalue weighted by Gasteiger charge is 2.54. The van der Waals surface area contributed by atoms with Crippen LogP contribution in [0.4, 0.5) is 17.7 Å². The minimum Gasteiger partial charge on any atom is -0.387 e. The number of aromatic amines is 2. The molecule has 438 valence electrons. The number of anilines is 3. The van der Waals surface area contributed by atoms with Crippen molar-refractivity contribution >= 4 is 88.0 Å². The van der Waals surface area contributed by atoms with Crippen molar-refractivity contribution in [1.29, 1.82) is 0 Å². The standard InChI is InChI=1S/C37H52N16O23P4/c1-49(2)18(54)5-14-15(72-33(22(14)55)53-12-50(3)21-30(53)46-37(40)48-32(21)59)6-69-77(60,61)13-78(62,63)76-80(66,67)71-8-17-25(26(68-4)35(74-17)51-10-43-19-27(38)41-9-42-28(19)51)75-79(64,65)70-7-16-23(56)24(57)34(73-16)52-11-44-20-29(52)45-36(39)47-31(20)58/h9-12,14-17,22-26,33-35,55-57H,5-8,13H2,1-4H3,(H11-,38,39,40,41,42,45,46,47,48,58,59,60,61,62,63,64,65,66,67)/p+1/t14-,15-,16-,17-,22-,23-,24-,25-,26-,33-,34-,35-/m1/s1. The second kappa shape index (κ2) is 22.3. The molecule has 6 aromatic rings. The van der Waals surface area contributed by atoms with Gasteiger partial charge in [-0.3, -0.25) is 60.8 Å². The van der Waals surface area contributed by atoms with E-state index in [0.717, 1.165) is 30.7 Å². The highest BCUT2D eigenvalue weighted by molar-refractivity contribution is 7.74. The van der Waals surface area contributed by atoms with E-state index in [1.807, 2.05) is 0 Å². The predicted molar refractivity (Wildman–Crippen MR) is 264 cm³/mol. The fourth-order valence-corrected chi connectivity index (χ4v) is 15.1. The molecule has 80 heavy (non-hydrogen) atoms. The van der Waals surface area contributed by atoms with E-state index in [-0.39, 0.29) is 51.2 Å². The van der Waals surface area contributed by atoms with E-state index in [0.29, 0.717) is 0 Å². The summed E-state index contributed by atoms with van der Waals surface area (Å²) >= 11 is 0. The third kappa shape index (κ3) is 12.0. The number of carbonyl (C=O) groups is 1. The number of imidazole rings is 3. The maximum Gasteiger partial charge on any atom is 0.479 e. The van der Waals surface area contributed by atoms with Gasteiger partial charge in [-0.2, -0.15) is 4.98 Å². The first-order chi connectivity index (χ1) is 37.5. The van der Waals surface area contributed by atoms with E-state index in [9.17, 15) is 67.5 Å². The van der Waals surface area contributed by atoms with Crippen LogP contribution in [0.15, 0.2) is 34.9 Å². The lowest BCUT2D eigenvalue weighted by Crippen LogP contribution is -2.45. The largest absolute Gasteiger partial charge is 0.479 e. The van der Waals surface area contributed by atoms with Gasteiger partial charge in [0.2, 0.25) is 23.6 Å². The van der Waals surface area contributed by atoms with Gasteiger partial charge in [0.25, 0.3) is 17.1 Å². The number of amides is 1. The van der Waals surface area contributed by atoms with Gasteiger partial charge < -0.3 is 80.5 Å². The lowest BCUT2D eigenvalue weighted by Gasteiger charge is -2.26. The first-order valence-electron chi connectivity index (χ1n) is 23.2. The molecule has 3 fully saturated rings. The summed E-state index contributed by atoms with van der Waals surface area (Å²) in [6.07, 6.45) is -13.5. The normalized spacial score (nSPS) is 29.2. The number of rotatable bonds is 21. The minimum atomic E-state index is -5.87. The molecule has 1 amide bonds. The number of nitrogens with two attached hydrogens (primary N) is 3. The Morgan fingerprint density at radius 3 is 2.08 bits per heavy atom. The number of nitrogens with one attached hydrogen (secondary N) is 2. The van der Waals surface area contributed by atoms with Crippen molar-refractivity contribution in [3.8, 4) is 0 Å². The van der Waals surface area contributed by atoms with E-state index < -0.39 is 153 Å². The lowest BCUT2D eigenvalue weighted by atomic mass is 9.94. The van der Waals surface area contributed by atoms with Gasteiger partial charge in [0.05, 0.1) is 45.6 Å². The molecule has 16 atom stereocenters. The molecule has 4 unspecified atom stereocenters. The molecule has 0 spiro atoms. The fraction of sp³-hybridized carbons (Fsp3) is 0.568. The highest BCUT2D eigenvalue weighted by Crippen LogP contribution is 2.66. The van der Waals surface area contributed by atoms with Crippen LogP contribution in [-0.2, 0) is 71.5 Å². The summed E-state index contributed by atoms with van der Waals surface area (Å²) in [7, 11) is -17.0. The maximum absolute atomic E-state index is 13.8. The van der Waals surface area contributed by atoms with E-state index in [1.165, 1.54) is 46.1 Å². The average Bonchev–Trinajstić information content (AvgIpc) is 4.23. The number of fused-ring (bicyclic) bond motifs is 3. The summed E-state index contributed by atoms with van der Waals surface area (Å²) in [5.41, 5.74) is 15.7. The van der Waals surface area contributed by atoms with Gasteiger partial charge in [0.15, 0.2) is 47.3 Å². The van der Waals surface area contributed by atoms with Crippen molar-refractivity contribution in [3.63, 3.8) is 0 Å². The van der Waals surface area contributed by atoms with E-state index >= 15 is 0 Å². The lowest BCUT2D eigenvalue weighted by molar-refractivity contribution is -0.745. The van der Waals surface area contributed by atoms with Crippen LogP contribution in [0.25, 0.3) is 33.5 Å². The van der Waals surface area contributed by atoms with Crippen LogP contribution in [0, 0.1) is 5.92 Å². The zero-order chi connectivity index (χ0) is 58.1. The van der Waals surface area contributed by atoms with Crippen LogP contribution in [0.1, 0.15) is 25.1 Å². The van der Waals surface area contributed by atoms with Crippen molar-refractivity contribution in [2.45, 2.75) is 73.9 Å². The van der Waals surface area contributed by atoms with Crippen LogP contribution < -0.4 is 32.9 Å². The average molecular weight is 1210 g/mol. The Kier molecular flexibility index (Phi) is 16.4. The van der Waals surface area contributed by atoms with Crippen LogP contribution in [0.2, 0.25) is 0 Å². The summed E-state index contributed by atoms with van der Waals surface area (Å²) in [5, 5.41) is 33.3. The van der Waals surface area contributed by atoms with Gasteiger partial charge in [0, 0.05) is 33.5 Å². The molecule has 0 radical (unpaired) electrons. The van der Waals surface area contributed by atoms with Gasteiger partial charge in [-0.05, 0) is 0 Å². The molecular formula is C37H53N16O23P4+. The number of phosphoric ester groups is 2. The summed E-state index contributed by atoms with van der Waals surface area (Å²) in [6.45, 7) is -3.13. The summed E-state index contributed by atoms with van der Waals surface area (Å²) < 4.78 is 108. The summed E-state index contributed by atoms with van der Waals surface area (Å²) in [4.78, 5) is 111. The number of aliphatic hydroxyl groups is 3. The Hall–Kier alpha value is -5.60. The predicted octanol–water partition coefficient (Wildman–Crippen LogP) is -3.87. The number of phosphoric acid groups is 2. The fourth-order valence-electron chi connectivity index (χ4n) is 9.19. The second-order valence-corrected chi connectivity index (χ2v) is 25.7. The number of methoxy groups -OCH3 is 1. The Morgan fingerprint density at radius 2 is 1.38 bits per heavy atom. The van der Waals surface area contributed by atoms with Crippen LogP contribution >= 0.6 is 30.8 Å². The quantitative estimate of drug-likeness (QED) is 0.0242. The molecule has 39 nitrogen and oxygen atoms in total. The zero-order valence-electron chi connectivity index (χ0n) is 41.9. The molecular weight excluding hydrogens is 1160 g/mol. The molecule has 43 heteroatoms. The topological polar surface area (TPSA) is 553 Å². The molecule has 0 saturated carbocycles. The van der Waals surface area contributed by atoms with Gasteiger partial charge >= 0.3 is 36.5 Å². The molecule has 3 saturated heterocycles. The van der Waals surface area contributed by atoms with Gasteiger partial charge in [-0.15, -0.1) is 0 Å². The first kappa shape index (κ1) is 59.0. The molecule has 6 aromatic heterocycles. The molecule has 3 aliphatic rings. The molecule has 0 bridgehead atoms. The number of ether oxygens (including phenoxy) is 4. The zero-order valence-corrected chi connectivity index (χ0v) is 45.5. The number of nitrogen functional groups attached to an aromatic ring is 3. The molecule has 9 rings (SSSR count). The van der Waals surface area contributed by atoms with Crippen LogP contribution in [-0.4, -0.2) is 195 Å². The number of aryl methyl sites for hydroxylation is 1. The van der Waals surface area contributed by atoms with Gasteiger partial charge in [-0.25, -0.2) is 37.9 Å². The van der Waals surface area contributed by atoms with Crippen LogP contribution in [0.5, 0.6) is 0 Å². The number of hydrogen-bond acceptors (Lipinski definition) is 28. The maximum atomic E-state index is 13.8. The third-order valence-electron chi connectivity index (χ3n) is 12.9. The van der Waals surface area contributed by atoms with Crippen molar-refractivity contribution in [2.75, 3.05) is 64.1 Å². The highest BCUT2D eigenvalue weighted by atomic mass is 31.3. The van der Waals surface area contributed by atoms with Crippen LogP contribution in [0.3, 0.4) is 0 Å².